The van der Waals surface area contributed by atoms with E-state index in [1.165, 1.54) is 0 Å². The molecule has 1 aromatic rings. The number of sulfone groups is 1. The molecule has 0 bridgehead atoms. The first-order valence-corrected chi connectivity index (χ1v) is 9.45. The van der Waals surface area contributed by atoms with Gasteiger partial charge in [-0.25, -0.2) is 8.42 Å². The van der Waals surface area contributed by atoms with E-state index in [1.807, 2.05) is 0 Å². The molecule has 0 spiro atoms. The van der Waals surface area contributed by atoms with Crippen LogP contribution in [0.25, 0.3) is 0 Å². The third kappa shape index (κ3) is 5.87. The van der Waals surface area contributed by atoms with Crippen molar-refractivity contribution in [1.82, 2.24) is 4.90 Å². The van der Waals surface area contributed by atoms with E-state index in [-0.39, 0.29) is 30.1 Å². The third-order valence-corrected chi connectivity index (χ3v) is 5.44. The molecule has 1 heterocycles. The summed E-state index contributed by atoms with van der Waals surface area (Å²) in [4.78, 5) is 13.7. The molecule has 2 rings (SSSR count). The van der Waals surface area contributed by atoms with Gasteiger partial charge in [0.25, 0.3) is 0 Å². The summed E-state index contributed by atoms with van der Waals surface area (Å²) in [6.45, 7) is 1.05. The third-order valence-electron chi connectivity index (χ3n) is 3.45. The average Bonchev–Trinajstić information content (AvgIpc) is 2.40. The molecule has 1 saturated heterocycles. The van der Waals surface area contributed by atoms with Crippen molar-refractivity contribution < 1.29 is 13.2 Å². The normalized spacial score (nSPS) is 18.6. The Labute approximate surface area is 145 Å². The van der Waals surface area contributed by atoms with Gasteiger partial charge < -0.3 is 10.6 Å². The van der Waals surface area contributed by atoms with Crippen molar-refractivity contribution in [3.63, 3.8) is 0 Å². The summed E-state index contributed by atoms with van der Waals surface area (Å²) in [5.41, 5.74) is 6.50. The zero-order valence-electron chi connectivity index (χ0n) is 12.1. The molecule has 2 N–H and O–H groups in total. The molecular weight excluding hydrogens is 392 g/mol. The second-order valence-electron chi connectivity index (χ2n) is 5.40. The van der Waals surface area contributed by atoms with Gasteiger partial charge in [-0.15, -0.1) is 12.4 Å². The molecule has 1 fully saturated rings. The smallest absolute Gasteiger partial charge is 0.237 e. The van der Waals surface area contributed by atoms with Crippen LogP contribution in [0.15, 0.2) is 28.7 Å². The van der Waals surface area contributed by atoms with E-state index >= 15 is 0 Å². The fourth-order valence-corrected chi connectivity index (χ4v) is 4.03. The highest BCUT2D eigenvalue weighted by molar-refractivity contribution is 9.10. The van der Waals surface area contributed by atoms with Gasteiger partial charge in [-0.3, -0.25) is 4.79 Å². The van der Waals surface area contributed by atoms with Crippen LogP contribution in [0.4, 0.5) is 0 Å². The fraction of sp³-hybridized carbons (Fsp3) is 0.500. The number of piperidine rings is 1. The number of rotatable bonds is 4. The molecule has 0 aromatic heterocycles. The van der Waals surface area contributed by atoms with Crippen molar-refractivity contribution in [3.8, 4) is 0 Å². The molecule has 1 aliphatic rings. The number of hydrogen-bond donors (Lipinski definition) is 1. The van der Waals surface area contributed by atoms with Crippen LogP contribution >= 0.6 is 28.3 Å². The second-order valence-corrected chi connectivity index (χ2v) is 8.38. The van der Waals surface area contributed by atoms with Crippen LogP contribution in [0.3, 0.4) is 0 Å². The van der Waals surface area contributed by atoms with E-state index < -0.39 is 15.6 Å². The number of likely N-dealkylation sites (tertiary alicyclic amines) is 1. The number of benzene rings is 1. The minimum absolute atomic E-state index is 0. The Morgan fingerprint density at radius 3 is 2.55 bits per heavy atom. The van der Waals surface area contributed by atoms with E-state index in [4.69, 9.17) is 5.73 Å². The molecule has 124 valence electrons. The van der Waals surface area contributed by atoms with Gasteiger partial charge in [0.05, 0.1) is 5.75 Å². The van der Waals surface area contributed by atoms with Crippen molar-refractivity contribution in [3.05, 3.63) is 34.3 Å². The lowest BCUT2D eigenvalue weighted by Crippen LogP contribution is -2.47. The first kappa shape index (κ1) is 19.4. The molecule has 0 radical (unpaired) electrons. The molecule has 1 amide bonds. The van der Waals surface area contributed by atoms with E-state index in [0.717, 1.165) is 17.3 Å². The van der Waals surface area contributed by atoms with Crippen LogP contribution in [0.2, 0.25) is 0 Å². The number of nitrogens with zero attached hydrogens (tertiary/aromatic N) is 1. The zero-order valence-corrected chi connectivity index (χ0v) is 15.3. The van der Waals surface area contributed by atoms with E-state index in [0.29, 0.717) is 18.7 Å². The molecule has 5 nitrogen and oxygen atoms in total. The van der Waals surface area contributed by atoms with E-state index in [1.54, 1.807) is 29.2 Å². The lowest BCUT2D eigenvalue weighted by atomic mass is 10.1. The standard InChI is InChI=1S/C14H19BrN2O3S.ClH/c15-12-5-3-11(4-6-12)9-21(19,20)10-14(18)17-7-1-2-13(16)8-17;/h3-6,13H,1-2,7-10,16H2;1H. The summed E-state index contributed by atoms with van der Waals surface area (Å²) in [6, 6.07) is 7.01. The van der Waals surface area contributed by atoms with Crippen molar-refractivity contribution in [1.29, 1.82) is 0 Å². The minimum atomic E-state index is -3.46. The van der Waals surface area contributed by atoms with Crippen molar-refractivity contribution in [2.24, 2.45) is 5.73 Å². The summed E-state index contributed by atoms with van der Waals surface area (Å²) in [7, 11) is -3.46. The Bertz CT molecular complexity index is 607. The second kappa shape index (κ2) is 8.29. The van der Waals surface area contributed by atoms with Gasteiger partial charge in [-0.1, -0.05) is 28.1 Å². The van der Waals surface area contributed by atoms with Gasteiger partial charge in [-0.05, 0) is 30.5 Å². The molecular formula is C14H20BrClN2O3S. The summed E-state index contributed by atoms with van der Waals surface area (Å²) in [5, 5.41) is 0. The molecule has 1 aliphatic heterocycles. The monoisotopic (exact) mass is 410 g/mol. The lowest BCUT2D eigenvalue weighted by Gasteiger charge is -2.30. The summed E-state index contributed by atoms with van der Waals surface area (Å²) >= 11 is 3.30. The van der Waals surface area contributed by atoms with Crippen molar-refractivity contribution >= 4 is 44.1 Å². The highest BCUT2D eigenvalue weighted by Gasteiger charge is 2.25. The predicted molar refractivity (Wildman–Crippen MR) is 92.7 cm³/mol. The quantitative estimate of drug-likeness (QED) is 0.818. The molecule has 1 aromatic carbocycles. The van der Waals surface area contributed by atoms with Crippen LogP contribution in [-0.2, 0) is 20.4 Å². The lowest BCUT2D eigenvalue weighted by molar-refractivity contribution is -0.129. The Kier molecular flexibility index (Phi) is 7.31. The first-order valence-electron chi connectivity index (χ1n) is 6.84. The maximum atomic E-state index is 12.1. The highest BCUT2D eigenvalue weighted by Crippen LogP contribution is 2.14. The number of nitrogens with two attached hydrogens (primary N) is 1. The van der Waals surface area contributed by atoms with Crippen LogP contribution < -0.4 is 5.73 Å². The number of carbonyl (C=O) groups is 1. The zero-order chi connectivity index (χ0) is 15.5. The molecule has 0 aliphatic carbocycles. The van der Waals surface area contributed by atoms with Gasteiger partial charge in [-0.2, -0.15) is 0 Å². The minimum Gasteiger partial charge on any atom is -0.340 e. The first-order chi connectivity index (χ1) is 9.85. The van der Waals surface area contributed by atoms with Crippen molar-refractivity contribution in [2.45, 2.75) is 24.6 Å². The molecule has 0 saturated carbocycles. The van der Waals surface area contributed by atoms with Crippen LogP contribution in [0.5, 0.6) is 0 Å². The molecule has 1 unspecified atom stereocenters. The number of carbonyl (C=O) groups excluding carboxylic acids is 1. The largest absolute Gasteiger partial charge is 0.340 e. The Morgan fingerprint density at radius 2 is 1.95 bits per heavy atom. The highest BCUT2D eigenvalue weighted by atomic mass is 79.9. The van der Waals surface area contributed by atoms with Crippen LogP contribution in [0, 0.1) is 0 Å². The molecule has 8 heteroatoms. The summed E-state index contributed by atoms with van der Waals surface area (Å²) in [5.74, 6) is -0.913. The average molecular weight is 412 g/mol. The van der Waals surface area contributed by atoms with Crippen LogP contribution in [-0.4, -0.2) is 44.1 Å². The Morgan fingerprint density at radius 1 is 1.32 bits per heavy atom. The SMILES string of the molecule is Cl.NC1CCCN(C(=O)CS(=O)(=O)Cc2ccc(Br)cc2)C1. The topological polar surface area (TPSA) is 80.5 Å². The Hall–Kier alpha value is -0.630. The number of amides is 1. The maximum Gasteiger partial charge on any atom is 0.237 e. The predicted octanol–water partition coefficient (Wildman–Crippen LogP) is 1.74. The van der Waals surface area contributed by atoms with Gasteiger partial charge in [0.15, 0.2) is 9.84 Å². The summed E-state index contributed by atoms with van der Waals surface area (Å²) in [6.07, 6.45) is 1.72. The molecule has 1 atom stereocenters. The summed E-state index contributed by atoms with van der Waals surface area (Å²) < 4.78 is 25.1. The van der Waals surface area contributed by atoms with Gasteiger partial charge in [0.1, 0.15) is 5.75 Å². The number of hydrogen-bond acceptors (Lipinski definition) is 4. The van der Waals surface area contributed by atoms with Gasteiger partial charge >= 0.3 is 0 Å². The van der Waals surface area contributed by atoms with E-state index in [9.17, 15) is 13.2 Å². The van der Waals surface area contributed by atoms with Crippen molar-refractivity contribution in [2.75, 3.05) is 18.8 Å². The van der Waals surface area contributed by atoms with E-state index in [2.05, 4.69) is 15.9 Å². The Balaban J connectivity index is 0.00000242. The molecule has 22 heavy (non-hydrogen) atoms. The van der Waals surface area contributed by atoms with Gasteiger partial charge in [0, 0.05) is 23.6 Å². The van der Waals surface area contributed by atoms with Gasteiger partial charge in [0.2, 0.25) is 5.91 Å². The van der Waals surface area contributed by atoms with Crippen LogP contribution in [0.1, 0.15) is 18.4 Å². The maximum absolute atomic E-state index is 12.1. The number of halogens is 2. The fourth-order valence-electron chi connectivity index (χ4n) is 2.40.